The Hall–Kier alpha value is -2.21. The van der Waals surface area contributed by atoms with Crippen LogP contribution in [-0.4, -0.2) is 19.8 Å². The Balaban J connectivity index is 2.67. The molecule has 6 nitrogen and oxygen atoms in total. The summed E-state index contributed by atoms with van der Waals surface area (Å²) < 4.78 is 1.58. The molecule has 0 fully saturated rings. The van der Waals surface area contributed by atoms with Crippen LogP contribution >= 0.6 is 0 Å². The van der Waals surface area contributed by atoms with Crippen molar-refractivity contribution in [3.05, 3.63) is 50.8 Å². The van der Waals surface area contributed by atoms with Crippen LogP contribution in [0.2, 0.25) is 0 Å². The van der Waals surface area contributed by atoms with E-state index in [4.69, 9.17) is 0 Å². The van der Waals surface area contributed by atoms with Crippen LogP contribution in [0.3, 0.4) is 0 Å². The number of nitro benzene ring substituents is 1. The molecule has 0 amide bonds. The monoisotopic (exact) mass is 275 g/mol. The molecule has 0 spiro atoms. The van der Waals surface area contributed by atoms with Gasteiger partial charge in [-0.3, -0.25) is 10.1 Å². The highest BCUT2D eigenvalue weighted by atomic mass is 16.6. The number of benzene rings is 1. The lowest BCUT2D eigenvalue weighted by molar-refractivity contribution is -0.384. The maximum Gasteiger partial charge on any atom is 0.295 e. The lowest BCUT2D eigenvalue weighted by atomic mass is 10.1. The molecule has 0 aliphatic rings. The van der Waals surface area contributed by atoms with Crippen molar-refractivity contribution in [2.24, 2.45) is 0 Å². The summed E-state index contributed by atoms with van der Waals surface area (Å²) in [5.74, 6) is 0. The van der Waals surface area contributed by atoms with Crippen LogP contribution < -0.4 is 0 Å². The molecule has 0 bridgehead atoms. The zero-order valence-electron chi connectivity index (χ0n) is 11.9. The highest BCUT2D eigenvalue weighted by Gasteiger charge is 2.20. The fourth-order valence-corrected chi connectivity index (χ4v) is 2.08. The number of nitro groups is 1. The minimum Gasteiger partial charge on any atom is -0.389 e. The number of aliphatic hydroxyl groups excluding tert-OH is 1. The van der Waals surface area contributed by atoms with Crippen molar-refractivity contribution in [2.45, 2.75) is 33.8 Å². The summed E-state index contributed by atoms with van der Waals surface area (Å²) in [6.07, 6.45) is -0.745. The molecule has 106 valence electrons. The van der Waals surface area contributed by atoms with Gasteiger partial charge in [-0.15, -0.1) is 0 Å². The van der Waals surface area contributed by atoms with Gasteiger partial charge in [0.25, 0.3) is 5.69 Å². The summed E-state index contributed by atoms with van der Waals surface area (Å²) in [7, 11) is 0. The lowest BCUT2D eigenvalue weighted by Crippen LogP contribution is -2.05. The second-order valence-corrected chi connectivity index (χ2v) is 4.89. The summed E-state index contributed by atoms with van der Waals surface area (Å²) in [6.45, 7) is 7.26. The number of hydrogen-bond donors (Lipinski definition) is 1. The van der Waals surface area contributed by atoms with E-state index in [1.54, 1.807) is 23.7 Å². The van der Waals surface area contributed by atoms with Gasteiger partial charge in [0.05, 0.1) is 16.7 Å². The Morgan fingerprint density at radius 3 is 2.45 bits per heavy atom. The lowest BCUT2D eigenvalue weighted by Gasteiger charge is -2.09. The molecule has 1 atom stereocenters. The van der Waals surface area contributed by atoms with Crippen molar-refractivity contribution < 1.29 is 10.0 Å². The van der Waals surface area contributed by atoms with Crippen LogP contribution in [0.4, 0.5) is 5.69 Å². The summed E-state index contributed by atoms with van der Waals surface area (Å²) in [6, 6.07) is 4.70. The summed E-state index contributed by atoms with van der Waals surface area (Å²) in [5.41, 5.74) is 3.59. The summed E-state index contributed by atoms with van der Waals surface area (Å²) >= 11 is 0. The number of aryl methyl sites for hydroxylation is 1. The largest absolute Gasteiger partial charge is 0.389 e. The number of aromatic nitrogens is 2. The van der Waals surface area contributed by atoms with Crippen LogP contribution in [-0.2, 0) is 0 Å². The Kier molecular flexibility index (Phi) is 3.59. The van der Waals surface area contributed by atoms with Crippen molar-refractivity contribution in [2.75, 3.05) is 0 Å². The SMILES string of the molecule is Cc1nn(-c2ccc([C@@H](C)O)cc2[N+](=O)[O-])c(C)c1C. The van der Waals surface area contributed by atoms with E-state index in [0.29, 0.717) is 11.3 Å². The number of nitrogens with zero attached hydrogens (tertiary/aromatic N) is 3. The Labute approximate surface area is 116 Å². The van der Waals surface area contributed by atoms with Gasteiger partial charge >= 0.3 is 0 Å². The third kappa shape index (κ3) is 2.30. The Bertz CT molecular complexity index is 675. The fourth-order valence-electron chi connectivity index (χ4n) is 2.08. The topological polar surface area (TPSA) is 81.2 Å². The van der Waals surface area contributed by atoms with Gasteiger partial charge in [-0.25, -0.2) is 4.68 Å². The third-order valence-electron chi connectivity index (χ3n) is 3.56. The van der Waals surface area contributed by atoms with Crippen molar-refractivity contribution in [3.8, 4) is 5.69 Å². The van der Waals surface area contributed by atoms with Crippen LogP contribution in [0, 0.1) is 30.9 Å². The molecule has 2 rings (SSSR count). The van der Waals surface area contributed by atoms with Gasteiger partial charge < -0.3 is 5.11 Å². The third-order valence-corrected chi connectivity index (χ3v) is 3.56. The van der Waals surface area contributed by atoms with Crippen LogP contribution in [0.1, 0.15) is 35.5 Å². The minimum absolute atomic E-state index is 0.0611. The first-order valence-electron chi connectivity index (χ1n) is 6.32. The standard InChI is InChI=1S/C14H17N3O3/c1-8-9(2)15-16(10(8)3)13-6-5-12(11(4)18)7-14(13)17(19)20/h5-7,11,18H,1-4H3/t11-/m1/s1. The molecule has 1 aromatic carbocycles. The van der Waals surface area contributed by atoms with Gasteiger partial charge in [0.2, 0.25) is 0 Å². The summed E-state index contributed by atoms with van der Waals surface area (Å²) in [5, 5.41) is 25.2. The molecule has 0 aliphatic carbocycles. The average Bonchev–Trinajstić information content (AvgIpc) is 2.65. The van der Waals surface area contributed by atoms with Crippen molar-refractivity contribution in [1.29, 1.82) is 0 Å². The minimum atomic E-state index is -0.745. The molecule has 20 heavy (non-hydrogen) atoms. The maximum atomic E-state index is 11.3. The van der Waals surface area contributed by atoms with Gasteiger partial charge in [0, 0.05) is 11.8 Å². The molecule has 0 aliphatic heterocycles. The molecular weight excluding hydrogens is 258 g/mol. The van der Waals surface area contributed by atoms with E-state index < -0.39 is 11.0 Å². The smallest absolute Gasteiger partial charge is 0.295 e. The molecule has 1 aromatic heterocycles. The van der Waals surface area contributed by atoms with Crippen LogP contribution in [0.5, 0.6) is 0 Å². The first-order chi connectivity index (χ1) is 9.32. The van der Waals surface area contributed by atoms with Gasteiger partial charge in [-0.2, -0.15) is 5.10 Å². The van der Waals surface area contributed by atoms with E-state index in [-0.39, 0.29) is 5.69 Å². The van der Waals surface area contributed by atoms with Crippen molar-refractivity contribution >= 4 is 5.69 Å². The second kappa shape index (κ2) is 5.05. The number of rotatable bonds is 3. The molecular formula is C14H17N3O3. The van der Waals surface area contributed by atoms with E-state index in [1.165, 1.54) is 6.07 Å². The van der Waals surface area contributed by atoms with E-state index in [1.807, 2.05) is 20.8 Å². The molecule has 0 unspecified atom stereocenters. The molecule has 1 N–H and O–H groups in total. The highest BCUT2D eigenvalue weighted by molar-refractivity contribution is 5.55. The van der Waals surface area contributed by atoms with Crippen LogP contribution in [0.15, 0.2) is 18.2 Å². The molecule has 1 heterocycles. The number of hydrogen-bond acceptors (Lipinski definition) is 4. The van der Waals surface area contributed by atoms with Gasteiger partial charge in [-0.05, 0) is 44.9 Å². The zero-order valence-corrected chi connectivity index (χ0v) is 11.9. The highest BCUT2D eigenvalue weighted by Crippen LogP contribution is 2.28. The zero-order chi connectivity index (χ0) is 15.0. The molecule has 0 radical (unpaired) electrons. The Morgan fingerprint density at radius 2 is 2.00 bits per heavy atom. The van der Waals surface area contributed by atoms with E-state index in [2.05, 4.69) is 5.10 Å². The first-order valence-corrected chi connectivity index (χ1v) is 6.32. The van der Waals surface area contributed by atoms with Crippen molar-refractivity contribution in [1.82, 2.24) is 9.78 Å². The normalized spacial score (nSPS) is 12.4. The number of aliphatic hydroxyl groups is 1. The molecule has 6 heteroatoms. The van der Waals surface area contributed by atoms with E-state index >= 15 is 0 Å². The predicted octanol–water partition coefficient (Wildman–Crippen LogP) is 2.76. The van der Waals surface area contributed by atoms with Gasteiger partial charge in [0.15, 0.2) is 0 Å². The van der Waals surface area contributed by atoms with E-state index in [9.17, 15) is 15.2 Å². The van der Waals surface area contributed by atoms with E-state index in [0.717, 1.165) is 17.0 Å². The van der Waals surface area contributed by atoms with Crippen molar-refractivity contribution in [3.63, 3.8) is 0 Å². The first kappa shape index (κ1) is 14.2. The molecule has 2 aromatic rings. The average molecular weight is 275 g/mol. The fraction of sp³-hybridized carbons (Fsp3) is 0.357. The summed E-state index contributed by atoms with van der Waals surface area (Å²) in [4.78, 5) is 10.8. The Morgan fingerprint density at radius 1 is 1.35 bits per heavy atom. The second-order valence-electron chi connectivity index (χ2n) is 4.89. The molecule has 0 saturated carbocycles. The van der Waals surface area contributed by atoms with Gasteiger partial charge in [-0.1, -0.05) is 6.07 Å². The quantitative estimate of drug-likeness (QED) is 0.689. The molecule has 0 saturated heterocycles. The van der Waals surface area contributed by atoms with Gasteiger partial charge in [0.1, 0.15) is 5.69 Å². The maximum absolute atomic E-state index is 11.3. The predicted molar refractivity (Wildman–Crippen MR) is 75.1 cm³/mol. The van der Waals surface area contributed by atoms with Crippen LogP contribution in [0.25, 0.3) is 5.69 Å².